The summed E-state index contributed by atoms with van der Waals surface area (Å²) >= 11 is 0. The lowest BCUT2D eigenvalue weighted by molar-refractivity contribution is 1.04. The molecule has 0 bridgehead atoms. The highest BCUT2D eigenvalue weighted by Crippen LogP contribution is 1.70. The van der Waals surface area contributed by atoms with E-state index in [9.17, 15) is 0 Å². The molecular formula is C4H7B2N3. The maximum absolute atomic E-state index is 4.01. The zero-order chi connectivity index (χ0) is 6.85. The summed E-state index contributed by atoms with van der Waals surface area (Å²) in [6.07, 6.45) is 0. The molecule has 1 aromatic rings. The van der Waals surface area contributed by atoms with Crippen LogP contribution in [0, 0.1) is 6.92 Å². The maximum atomic E-state index is 4.01. The summed E-state index contributed by atoms with van der Waals surface area (Å²) in [4.78, 5) is 12.0. The molecule has 0 spiro atoms. The summed E-state index contributed by atoms with van der Waals surface area (Å²) < 4.78 is 0. The Bertz CT molecular complexity index is 175. The quantitative estimate of drug-likeness (QED) is 0.335. The van der Waals surface area contributed by atoms with E-state index < -0.39 is 0 Å². The first kappa shape index (κ1) is 6.26. The Morgan fingerprint density at radius 1 is 1.00 bits per heavy atom. The second kappa shape index (κ2) is 2.17. The molecule has 1 heterocycles. The highest BCUT2D eigenvalue weighted by Gasteiger charge is 1.91. The van der Waals surface area contributed by atoms with Gasteiger partial charge in [-0.25, -0.2) is 15.0 Å². The van der Waals surface area contributed by atoms with Gasteiger partial charge in [0.25, 0.3) is 0 Å². The predicted molar refractivity (Wildman–Crippen MR) is 40.9 cm³/mol. The van der Waals surface area contributed by atoms with Crippen LogP contribution >= 0.6 is 0 Å². The number of hydrogen-bond acceptors (Lipinski definition) is 3. The van der Waals surface area contributed by atoms with Gasteiger partial charge < -0.3 is 0 Å². The third-order valence-corrected chi connectivity index (χ3v) is 0.971. The van der Waals surface area contributed by atoms with Gasteiger partial charge in [-0.15, -0.1) is 0 Å². The standard InChI is InChI=1S/C4H7B2N3/c1-2-7-3(5)9-4(6)8-2/h5-6H2,1H3. The van der Waals surface area contributed by atoms with Crippen molar-refractivity contribution < 1.29 is 0 Å². The van der Waals surface area contributed by atoms with Gasteiger partial charge in [-0.3, -0.25) is 0 Å². The van der Waals surface area contributed by atoms with Crippen molar-refractivity contribution in [1.29, 1.82) is 0 Å². The molecule has 5 heteroatoms. The van der Waals surface area contributed by atoms with Crippen LogP contribution in [-0.2, 0) is 0 Å². The number of aryl methyl sites for hydroxylation is 1. The lowest BCUT2D eigenvalue weighted by Gasteiger charge is -1.94. The Labute approximate surface area is 55.8 Å². The molecule has 44 valence electrons. The Morgan fingerprint density at radius 2 is 1.44 bits per heavy atom. The molecule has 0 N–H and O–H groups in total. The fourth-order valence-electron chi connectivity index (χ4n) is 0.777. The van der Waals surface area contributed by atoms with Gasteiger partial charge in [0.05, 0.1) is 11.4 Å². The second-order valence-corrected chi connectivity index (χ2v) is 1.98. The van der Waals surface area contributed by atoms with E-state index in [2.05, 4.69) is 15.0 Å². The van der Waals surface area contributed by atoms with E-state index in [1.54, 1.807) is 0 Å². The van der Waals surface area contributed by atoms with Gasteiger partial charge in [-0.2, -0.15) is 0 Å². The molecule has 0 saturated heterocycles. The van der Waals surface area contributed by atoms with Gasteiger partial charge in [-0.05, 0) is 6.92 Å². The van der Waals surface area contributed by atoms with E-state index in [1.165, 1.54) is 0 Å². The molecule has 3 nitrogen and oxygen atoms in total. The summed E-state index contributed by atoms with van der Waals surface area (Å²) in [6, 6.07) is 0. The third-order valence-electron chi connectivity index (χ3n) is 0.971. The van der Waals surface area contributed by atoms with Gasteiger partial charge >= 0.3 is 0 Å². The molecule has 0 amide bonds. The van der Waals surface area contributed by atoms with Crippen molar-refractivity contribution in [2.45, 2.75) is 6.92 Å². The molecular weight excluding hydrogens is 112 g/mol. The van der Waals surface area contributed by atoms with Crippen molar-refractivity contribution >= 4 is 27.1 Å². The average Bonchev–Trinajstić information content (AvgIpc) is 1.59. The van der Waals surface area contributed by atoms with Gasteiger partial charge in [0.1, 0.15) is 5.82 Å². The minimum Gasteiger partial charge on any atom is -0.241 e. The largest absolute Gasteiger partial charge is 0.241 e. The van der Waals surface area contributed by atoms with Crippen LogP contribution in [0.5, 0.6) is 0 Å². The molecule has 1 rings (SSSR count). The van der Waals surface area contributed by atoms with Crippen molar-refractivity contribution in [3.05, 3.63) is 5.82 Å². The monoisotopic (exact) mass is 119 g/mol. The maximum Gasteiger partial charge on any atom is 0.189 e. The van der Waals surface area contributed by atoms with E-state index in [4.69, 9.17) is 0 Å². The average molecular weight is 119 g/mol. The summed E-state index contributed by atoms with van der Waals surface area (Å²) in [7, 11) is 3.73. The van der Waals surface area contributed by atoms with Gasteiger partial charge in [-0.1, -0.05) is 0 Å². The van der Waals surface area contributed by atoms with E-state index >= 15 is 0 Å². The van der Waals surface area contributed by atoms with Crippen LogP contribution in [0.4, 0.5) is 0 Å². The van der Waals surface area contributed by atoms with Crippen LogP contribution in [-0.4, -0.2) is 30.6 Å². The Morgan fingerprint density at radius 3 is 1.78 bits per heavy atom. The van der Waals surface area contributed by atoms with Crippen LogP contribution in [0.1, 0.15) is 5.82 Å². The van der Waals surface area contributed by atoms with Crippen LogP contribution in [0.25, 0.3) is 0 Å². The van der Waals surface area contributed by atoms with Crippen molar-refractivity contribution in [3.8, 4) is 0 Å². The molecule has 0 saturated carbocycles. The van der Waals surface area contributed by atoms with Crippen LogP contribution < -0.4 is 11.4 Å². The van der Waals surface area contributed by atoms with Gasteiger partial charge in [0.15, 0.2) is 15.7 Å². The third kappa shape index (κ3) is 1.52. The van der Waals surface area contributed by atoms with Gasteiger partial charge in [0.2, 0.25) is 0 Å². The zero-order valence-corrected chi connectivity index (χ0v) is 5.84. The molecule has 0 radical (unpaired) electrons. The first-order valence-electron chi connectivity index (χ1n) is 2.84. The Kier molecular flexibility index (Phi) is 1.51. The number of nitrogens with zero attached hydrogens (tertiary/aromatic N) is 3. The van der Waals surface area contributed by atoms with Crippen LogP contribution in [0.3, 0.4) is 0 Å². The smallest absolute Gasteiger partial charge is 0.189 e. The normalized spacial score (nSPS) is 9.44. The number of rotatable bonds is 0. The van der Waals surface area contributed by atoms with Crippen molar-refractivity contribution in [2.24, 2.45) is 0 Å². The summed E-state index contributed by atoms with van der Waals surface area (Å²) in [5.41, 5.74) is 1.58. The highest BCUT2D eigenvalue weighted by molar-refractivity contribution is 6.32. The fourth-order valence-corrected chi connectivity index (χ4v) is 0.777. The zero-order valence-electron chi connectivity index (χ0n) is 5.84. The predicted octanol–water partition coefficient (Wildman–Crippen LogP) is -3.30. The molecule has 0 aliphatic heterocycles. The molecule has 0 atom stereocenters. The topological polar surface area (TPSA) is 38.7 Å². The molecule has 0 aromatic carbocycles. The van der Waals surface area contributed by atoms with Crippen LogP contribution in [0.15, 0.2) is 0 Å². The SMILES string of the molecule is Bc1nc(B)nc(C)n1. The van der Waals surface area contributed by atoms with Crippen molar-refractivity contribution in [2.75, 3.05) is 0 Å². The van der Waals surface area contributed by atoms with E-state index in [0.717, 1.165) is 17.3 Å². The molecule has 0 aliphatic rings. The minimum absolute atomic E-state index is 0.792. The van der Waals surface area contributed by atoms with Crippen molar-refractivity contribution in [3.63, 3.8) is 0 Å². The summed E-state index contributed by atoms with van der Waals surface area (Å²) in [6.45, 7) is 1.86. The summed E-state index contributed by atoms with van der Waals surface area (Å²) in [5, 5.41) is 0. The molecule has 0 unspecified atom stereocenters. The molecule has 0 aliphatic carbocycles. The number of aromatic nitrogens is 3. The second-order valence-electron chi connectivity index (χ2n) is 1.98. The first-order chi connectivity index (χ1) is 4.18. The molecule has 9 heavy (non-hydrogen) atoms. The first-order valence-corrected chi connectivity index (χ1v) is 2.84. The lowest BCUT2D eigenvalue weighted by atomic mass is 10.1. The molecule has 0 fully saturated rings. The van der Waals surface area contributed by atoms with E-state index in [-0.39, 0.29) is 0 Å². The van der Waals surface area contributed by atoms with E-state index in [0.29, 0.717) is 0 Å². The van der Waals surface area contributed by atoms with Gasteiger partial charge in [0, 0.05) is 0 Å². The summed E-state index contributed by atoms with van der Waals surface area (Å²) in [5.74, 6) is 0.792. The minimum atomic E-state index is 0.792. The Balaban J connectivity index is 3.17. The van der Waals surface area contributed by atoms with E-state index in [1.807, 2.05) is 22.6 Å². The van der Waals surface area contributed by atoms with Crippen LogP contribution in [0.2, 0.25) is 0 Å². The molecule has 1 aromatic heterocycles. The Hall–Kier alpha value is -0.860. The highest BCUT2D eigenvalue weighted by atomic mass is 15.0. The fraction of sp³-hybridized carbons (Fsp3) is 0.250. The lowest BCUT2D eigenvalue weighted by Crippen LogP contribution is -2.27. The van der Waals surface area contributed by atoms with Crippen molar-refractivity contribution in [1.82, 2.24) is 15.0 Å². The number of hydrogen-bond donors (Lipinski definition) is 0.